The first-order chi connectivity index (χ1) is 9.26. The molecule has 1 saturated heterocycles. The third-order valence-electron chi connectivity index (χ3n) is 3.71. The molecule has 2 aromatic rings. The van der Waals surface area contributed by atoms with E-state index in [0.29, 0.717) is 24.0 Å². The Bertz CT molecular complexity index is 567. The highest BCUT2D eigenvalue weighted by atomic mass is 16.3. The van der Waals surface area contributed by atoms with E-state index >= 15 is 0 Å². The molecule has 3 N–H and O–H groups in total. The minimum atomic E-state index is 0.261. The minimum absolute atomic E-state index is 0.261. The number of likely N-dealkylation sites (tertiary alicyclic amines) is 1. The number of aliphatic hydroxyl groups excluding tert-OH is 1. The van der Waals surface area contributed by atoms with Gasteiger partial charge in [-0.25, -0.2) is 4.98 Å². The van der Waals surface area contributed by atoms with Crippen LogP contribution in [0.2, 0.25) is 0 Å². The molecule has 0 aliphatic carbocycles. The molecule has 19 heavy (non-hydrogen) atoms. The molecule has 0 bridgehead atoms. The van der Waals surface area contributed by atoms with Gasteiger partial charge in [-0.2, -0.15) is 0 Å². The first-order valence-corrected chi connectivity index (χ1v) is 6.73. The quantitative estimate of drug-likeness (QED) is 0.821. The SMILES string of the molecule is Nc1cccc2oc(CN3CCCC(CO)C3)nc12. The number of fused-ring (bicyclic) bond motifs is 1. The Labute approximate surface area is 112 Å². The summed E-state index contributed by atoms with van der Waals surface area (Å²) in [6, 6.07) is 5.58. The Hall–Kier alpha value is -1.59. The maximum absolute atomic E-state index is 9.24. The number of nitrogen functional groups attached to an aromatic ring is 1. The summed E-state index contributed by atoms with van der Waals surface area (Å²) < 4.78 is 5.73. The second kappa shape index (κ2) is 5.19. The summed E-state index contributed by atoms with van der Waals surface area (Å²) in [5.41, 5.74) is 8.01. The number of aromatic nitrogens is 1. The van der Waals surface area contributed by atoms with Crippen LogP contribution in [0.15, 0.2) is 22.6 Å². The van der Waals surface area contributed by atoms with Crippen molar-refractivity contribution in [3.63, 3.8) is 0 Å². The van der Waals surface area contributed by atoms with Crippen LogP contribution in [0, 0.1) is 5.92 Å². The number of nitrogens with two attached hydrogens (primary N) is 1. The molecule has 0 saturated carbocycles. The first-order valence-electron chi connectivity index (χ1n) is 6.73. The predicted molar refractivity (Wildman–Crippen MR) is 73.5 cm³/mol. The Morgan fingerprint density at radius 1 is 1.47 bits per heavy atom. The molecule has 5 nitrogen and oxygen atoms in total. The summed E-state index contributed by atoms with van der Waals surface area (Å²) >= 11 is 0. The third-order valence-corrected chi connectivity index (χ3v) is 3.71. The fourth-order valence-corrected chi connectivity index (χ4v) is 2.72. The zero-order valence-electron chi connectivity index (χ0n) is 10.9. The summed E-state index contributed by atoms with van der Waals surface area (Å²) in [6.07, 6.45) is 2.22. The number of oxazole rings is 1. The second-order valence-corrected chi connectivity index (χ2v) is 5.23. The number of anilines is 1. The topological polar surface area (TPSA) is 75.5 Å². The van der Waals surface area contributed by atoms with Gasteiger partial charge >= 0.3 is 0 Å². The van der Waals surface area contributed by atoms with Crippen molar-refractivity contribution in [3.05, 3.63) is 24.1 Å². The van der Waals surface area contributed by atoms with Gasteiger partial charge in [0.15, 0.2) is 5.58 Å². The zero-order chi connectivity index (χ0) is 13.2. The minimum Gasteiger partial charge on any atom is -0.439 e. The lowest BCUT2D eigenvalue weighted by molar-refractivity contribution is 0.109. The highest BCUT2D eigenvalue weighted by Crippen LogP contribution is 2.23. The number of nitrogens with zero attached hydrogens (tertiary/aromatic N) is 2. The summed E-state index contributed by atoms with van der Waals surface area (Å²) in [4.78, 5) is 6.74. The molecule has 1 atom stereocenters. The third kappa shape index (κ3) is 2.57. The fraction of sp³-hybridized carbons (Fsp3) is 0.500. The van der Waals surface area contributed by atoms with Gasteiger partial charge in [-0.05, 0) is 37.4 Å². The Balaban J connectivity index is 1.76. The van der Waals surface area contributed by atoms with Crippen molar-refractivity contribution in [2.75, 3.05) is 25.4 Å². The van der Waals surface area contributed by atoms with Gasteiger partial charge in [0.25, 0.3) is 0 Å². The molecule has 102 valence electrons. The fourth-order valence-electron chi connectivity index (χ4n) is 2.72. The zero-order valence-corrected chi connectivity index (χ0v) is 10.9. The Kier molecular flexibility index (Phi) is 3.40. The molecule has 0 spiro atoms. The van der Waals surface area contributed by atoms with Gasteiger partial charge in [-0.1, -0.05) is 6.07 Å². The van der Waals surface area contributed by atoms with Crippen LogP contribution < -0.4 is 5.73 Å². The van der Waals surface area contributed by atoms with Crippen molar-refractivity contribution in [2.45, 2.75) is 19.4 Å². The molecular formula is C14H19N3O2. The van der Waals surface area contributed by atoms with E-state index in [0.717, 1.165) is 37.0 Å². The van der Waals surface area contributed by atoms with E-state index < -0.39 is 0 Å². The smallest absolute Gasteiger partial charge is 0.209 e. The van der Waals surface area contributed by atoms with Gasteiger partial charge in [-0.3, -0.25) is 4.90 Å². The van der Waals surface area contributed by atoms with E-state index in [9.17, 15) is 5.11 Å². The van der Waals surface area contributed by atoms with Crippen LogP contribution in [0.4, 0.5) is 5.69 Å². The highest BCUT2D eigenvalue weighted by molar-refractivity contribution is 5.85. The molecule has 1 fully saturated rings. The van der Waals surface area contributed by atoms with Crippen LogP contribution in [0.3, 0.4) is 0 Å². The summed E-state index contributed by atoms with van der Waals surface area (Å²) in [6.45, 7) is 2.89. The van der Waals surface area contributed by atoms with Crippen LogP contribution in [-0.4, -0.2) is 34.7 Å². The van der Waals surface area contributed by atoms with E-state index in [2.05, 4.69) is 9.88 Å². The van der Waals surface area contributed by atoms with Gasteiger partial charge < -0.3 is 15.3 Å². The highest BCUT2D eigenvalue weighted by Gasteiger charge is 2.21. The first kappa shape index (κ1) is 12.4. The summed E-state index contributed by atoms with van der Waals surface area (Å²) in [5.74, 6) is 1.08. The maximum Gasteiger partial charge on any atom is 0.209 e. The van der Waals surface area contributed by atoms with Crippen molar-refractivity contribution >= 4 is 16.8 Å². The Morgan fingerprint density at radius 2 is 2.37 bits per heavy atom. The molecule has 1 aromatic carbocycles. The van der Waals surface area contributed by atoms with E-state index in [1.165, 1.54) is 0 Å². The van der Waals surface area contributed by atoms with Crippen LogP contribution in [0.1, 0.15) is 18.7 Å². The van der Waals surface area contributed by atoms with Crippen LogP contribution in [-0.2, 0) is 6.54 Å². The molecule has 5 heteroatoms. The molecule has 1 aliphatic heterocycles. The van der Waals surface area contributed by atoms with Crippen molar-refractivity contribution < 1.29 is 9.52 Å². The molecule has 0 radical (unpaired) electrons. The van der Waals surface area contributed by atoms with Crippen LogP contribution in [0.25, 0.3) is 11.1 Å². The molecule has 3 rings (SSSR count). The molecule has 0 amide bonds. The largest absolute Gasteiger partial charge is 0.439 e. The Morgan fingerprint density at radius 3 is 3.16 bits per heavy atom. The van der Waals surface area contributed by atoms with Gasteiger partial charge in [0, 0.05) is 13.2 Å². The normalized spacial score (nSPS) is 21.0. The lowest BCUT2D eigenvalue weighted by Crippen LogP contribution is -2.36. The van der Waals surface area contributed by atoms with Gasteiger partial charge in [0.05, 0.1) is 12.2 Å². The second-order valence-electron chi connectivity index (χ2n) is 5.23. The average Bonchev–Trinajstić information content (AvgIpc) is 2.83. The number of rotatable bonds is 3. The van der Waals surface area contributed by atoms with E-state index in [4.69, 9.17) is 10.2 Å². The number of aliphatic hydroxyl groups is 1. The van der Waals surface area contributed by atoms with Crippen molar-refractivity contribution in [1.29, 1.82) is 0 Å². The monoisotopic (exact) mass is 261 g/mol. The van der Waals surface area contributed by atoms with Crippen molar-refractivity contribution in [1.82, 2.24) is 9.88 Å². The number of benzene rings is 1. The van der Waals surface area contributed by atoms with E-state index in [1.807, 2.05) is 18.2 Å². The van der Waals surface area contributed by atoms with E-state index in [-0.39, 0.29) is 6.61 Å². The molecule has 1 unspecified atom stereocenters. The standard InChI is InChI=1S/C14H19N3O2/c15-11-4-1-5-12-14(11)16-13(19-12)8-17-6-2-3-10(7-17)9-18/h1,4-5,10,18H,2-3,6-9,15H2. The molecule has 2 heterocycles. The van der Waals surface area contributed by atoms with Gasteiger partial charge in [0.1, 0.15) is 5.52 Å². The van der Waals surface area contributed by atoms with Crippen molar-refractivity contribution in [3.8, 4) is 0 Å². The molecule has 1 aromatic heterocycles. The predicted octanol–water partition coefficient (Wildman–Crippen LogP) is 1.61. The number of piperidine rings is 1. The van der Waals surface area contributed by atoms with Crippen molar-refractivity contribution in [2.24, 2.45) is 5.92 Å². The molecule has 1 aliphatic rings. The summed E-state index contributed by atoms with van der Waals surface area (Å²) in [5, 5.41) is 9.24. The molecular weight excluding hydrogens is 242 g/mol. The number of para-hydroxylation sites is 1. The lowest BCUT2D eigenvalue weighted by atomic mass is 9.99. The van der Waals surface area contributed by atoms with Gasteiger partial charge in [-0.15, -0.1) is 0 Å². The number of hydrogen-bond acceptors (Lipinski definition) is 5. The summed E-state index contributed by atoms with van der Waals surface area (Å²) in [7, 11) is 0. The van der Waals surface area contributed by atoms with E-state index in [1.54, 1.807) is 0 Å². The van der Waals surface area contributed by atoms with Gasteiger partial charge in [0.2, 0.25) is 5.89 Å². The lowest BCUT2D eigenvalue weighted by Gasteiger charge is -2.30. The average molecular weight is 261 g/mol. The number of hydrogen-bond donors (Lipinski definition) is 2. The van der Waals surface area contributed by atoms with Crippen LogP contribution in [0.5, 0.6) is 0 Å². The maximum atomic E-state index is 9.24. The van der Waals surface area contributed by atoms with Crippen LogP contribution >= 0.6 is 0 Å².